The maximum atomic E-state index is 14.2. The predicted molar refractivity (Wildman–Crippen MR) is 187 cm³/mol. The van der Waals surface area contributed by atoms with E-state index in [1.165, 1.54) is 26.0 Å². The Labute approximate surface area is 299 Å². The normalized spacial score (nSPS) is 25.3. The summed E-state index contributed by atoms with van der Waals surface area (Å²) in [6.07, 6.45) is -1.17. The Balaban J connectivity index is 1.04. The molecule has 6 aliphatic rings. The van der Waals surface area contributed by atoms with Crippen LogP contribution in [0.2, 0.25) is 5.02 Å². The first kappa shape index (κ1) is 35.3. The molecular formula is C35H45ClF3N7O3S. The van der Waals surface area contributed by atoms with Gasteiger partial charge in [0, 0.05) is 82.3 Å². The molecule has 272 valence electrons. The first-order valence-electron chi connectivity index (χ1n) is 17.7. The molecule has 2 bridgehead atoms. The summed E-state index contributed by atoms with van der Waals surface area (Å²) in [6.45, 7) is 7.31. The molecule has 15 heteroatoms. The predicted octanol–water partition coefficient (Wildman–Crippen LogP) is 5.29. The van der Waals surface area contributed by atoms with E-state index < -0.39 is 17.7 Å². The molecule has 50 heavy (non-hydrogen) atoms. The van der Waals surface area contributed by atoms with Crippen LogP contribution in [0.3, 0.4) is 0 Å². The average molecular weight is 736 g/mol. The monoisotopic (exact) mass is 735 g/mol. The summed E-state index contributed by atoms with van der Waals surface area (Å²) in [6, 6.07) is 2.84. The van der Waals surface area contributed by atoms with Crippen molar-refractivity contribution in [1.29, 1.82) is 0 Å². The smallest absolute Gasteiger partial charge is 0.386 e. The van der Waals surface area contributed by atoms with E-state index in [1.807, 2.05) is 15.7 Å². The van der Waals surface area contributed by atoms with Crippen molar-refractivity contribution < 1.29 is 27.6 Å². The summed E-state index contributed by atoms with van der Waals surface area (Å²) in [5.41, 5.74) is 1.08. The second-order valence-corrected chi connectivity index (χ2v) is 15.6. The van der Waals surface area contributed by atoms with Gasteiger partial charge < -0.3 is 30.2 Å². The number of hydrogen-bond donors (Lipinski definition) is 2. The standard InChI is InChI=1S/C35H45ClF3N7O3S/c1-40-32-27(35(37,38)39)15-22(16-28(32)36)14-24(33(48)45-12-10-43(11-13-45)30-19-42-6-2-23(30)3-7-42)17-31(47)44-8-4-26(5-9-44)46-18-25-20-50-21-29(25)41-34(46)49/h15-16,20-21,23-24,26,30,40H,2-14,17-19H2,1H3,(H,41,49)/t24-,30?/m0/s1. The first-order chi connectivity index (χ1) is 24.0. The lowest BCUT2D eigenvalue weighted by molar-refractivity contribution is -0.143. The van der Waals surface area contributed by atoms with Crippen LogP contribution in [0.25, 0.3) is 0 Å². The summed E-state index contributed by atoms with van der Waals surface area (Å²) in [4.78, 5) is 51.2. The Morgan fingerprint density at radius 3 is 2.36 bits per heavy atom. The molecule has 2 atom stereocenters. The van der Waals surface area contributed by atoms with Crippen LogP contribution in [0, 0.1) is 11.8 Å². The van der Waals surface area contributed by atoms with Gasteiger partial charge in [-0.05, 0) is 74.2 Å². The van der Waals surface area contributed by atoms with E-state index in [2.05, 4.69) is 20.4 Å². The molecule has 5 saturated heterocycles. The Morgan fingerprint density at radius 2 is 1.72 bits per heavy atom. The Morgan fingerprint density at radius 1 is 1.00 bits per heavy atom. The number of piperidine rings is 4. The van der Waals surface area contributed by atoms with Gasteiger partial charge in [-0.15, -0.1) is 11.3 Å². The average Bonchev–Trinajstić information content (AvgIpc) is 3.58. The molecule has 2 aromatic rings. The van der Waals surface area contributed by atoms with Crippen molar-refractivity contribution in [2.45, 2.75) is 63.3 Å². The van der Waals surface area contributed by atoms with Crippen molar-refractivity contribution in [1.82, 2.24) is 24.5 Å². The minimum atomic E-state index is -4.65. The molecule has 0 aliphatic carbocycles. The van der Waals surface area contributed by atoms with Crippen molar-refractivity contribution in [3.63, 3.8) is 0 Å². The highest BCUT2D eigenvalue weighted by Crippen LogP contribution is 2.40. The van der Waals surface area contributed by atoms with Gasteiger partial charge in [-0.2, -0.15) is 13.2 Å². The summed E-state index contributed by atoms with van der Waals surface area (Å²) in [5.74, 6) is -0.570. The topological polar surface area (TPSA) is 91.5 Å². The number of piperazine rings is 1. The van der Waals surface area contributed by atoms with Gasteiger partial charge in [0.25, 0.3) is 0 Å². The quantitative estimate of drug-likeness (QED) is 0.384. The van der Waals surface area contributed by atoms with E-state index in [0.717, 1.165) is 50.0 Å². The van der Waals surface area contributed by atoms with Gasteiger partial charge in [-0.3, -0.25) is 14.5 Å². The largest absolute Gasteiger partial charge is 0.418 e. The van der Waals surface area contributed by atoms with Crippen LogP contribution >= 0.6 is 22.9 Å². The van der Waals surface area contributed by atoms with Gasteiger partial charge >= 0.3 is 12.2 Å². The zero-order chi connectivity index (χ0) is 35.2. The molecule has 2 N–H and O–H groups in total. The maximum Gasteiger partial charge on any atom is 0.418 e. The van der Waals surface area contributed by atoms with E-state index >= 15 is 0 Å². The van der Waals surface area contributed by atoms with Crippen molar-refractivity contribution in [2.75, 3.05) is 76.6 Å². The van der Waals surface area contributed by atoms with Gasteiger partial charge in [0.2, 0.25) is 11.8 Å². The number of rotatable bonds is 8. The van der Waals surface area contributed by atoms with Gasteiger partial charge in [-0.25, -0.2) is 4.79 Å². The number of likely N-dealkylation sites (tertiary alicyclic amines) is 1. The SMILES string of the molecule is CNc1c(Cl)cc(C[C@@H](CC(=O)N2CCC(N3Cc4cscc4NC3=O)CC2)C(=O)N2CCN(C3CN4CCC3CC4)CC2)cc1C(F)(F)F. The summed E-state index contributed by atoms with van der Waals surface area (Å²) in [7, 11) is 1.39. The van der Waals surface area contributed by atoms with Crippen LogP contribution in [0.4, 0.5) is 29.3 Å². The molecule has 1 aromatic heterocycles. The molecular weight excluding hydrogens is 691 g/mol. The van der Waals surface area contributed by atoms with Gasteiger partial charge in [0.15, 0.2) is 0 Å². The summed E-state index contributed by atoms with van der Waals surface area (Å²) < 4.78 is 42.2. The van der Waals surface area contributed by atoms with E-state index in [1.54, 1.807) is 21.1 Å². The lowest BCUT2D eigenvalue weighted by Gasteiger charge is -2.51. The number of hydrogen-bond acceptors (Lipinski definition) is 7. The molecule has 7 heterocycles. The highest BCUT2D eigenvalue weighted by Gasteiger charge is 2.41. The fourth-order valence-corrected chi connectivity index (χ4v) is 9.85. The van der Waals surface area contributed by atoms with Crippen molar-refractivity contribution in [3.05, 3.63) is 44.6 Å². The molecule has 0 saturated carbocycles. The van der Waals surface area contributed by atoms with Crippen LogP contribution < -0.4 is 10.6 Å². The molecule has 1 aromatic carbocycles. The third-order valence-corrected chi connectivity index (χ3v) is 12.6. The fourth-order valence-electron chi connectivity index (χ4n) is 8.73. The minimum Gasteiger partial charge on any atom is -0.386 e. The molecule has 0 spiro atoms. The van der Waals surface area contributed by atoms with E-state index in [-0.39, 0.29) is 53.0 Å². The number of halogens is 4. The summed E-state index contributed by atoms with van der Waals surface area (Å²) in [5, 5.41) is 9.38. The maximum absolute atomic E-state index is 14.2. The second-order valence-electron chi connectivity index (χ2n) is 14.4. The summed E-state index contributed by atoms with van der Waals surface area (Å²) >= 11 is 7.88. The van der Waals surface area contributed by atoms with Crippen molar-refractivity contribution in [2.24, 2.45) is 11.8 Å². The van der Waals surface area contributed by atoms with Crippen LogP contribution in [0.1, 0.15) is 48.8 Å². The minimum absolute atomic E-state index is 0.0226. The number of alkyl halides is 3. The lowest BCUT2D eigenvalue weighted by atomic mass is 9.83. The number of carbonyl (C=O) groups excluding carboxylic acids is 3. The second kappa shape index (κ2) is 14.5. The number of carbonyl (C=O) groups is 3. The van der Waals surface area contributed by atoms with E-state index in [9.17, 15) is 27.6 Å². The van der Waals surface area contributed by atoms with E-state index in [4.69, 9.17) is 11.6 Å². The number of benzene rings is 1. The third kappa shape index (κ3) is 7.31. The molecule has 6 aliphatic heterocycles. The van der Waals surface area contributed by atoms with Crippen LogP contribution in [-0.2, 0) is 28.7 Å². The van der Waals surface area contributed by atoms with Gasteiger partial charge in [0.1, 0.15) is 0 Å². The van der Waals surface area contributed by atoms with Crippen LogP contribution in [0.15, 0.2) is 22.9 Å². The molecule has 4 amide bonds. The van der Waals surface area contributed by atoms with Crippen LogP contribution in [-0.4, -0.2) is 120 Å². The fraction of sp³-hybridized carbons (Fsp3) is 0.629. The number of thiophene rings is 1. The Kier molecular flexibility index (Phi) is 10.3. The number of amides is 4. The number of nitrogens with zero attached hydrogens (tertiary/aromatic N) is 5. The Hall–Kier alpha value is -3.07. The van der Waals surface area contributed by atoms with Crippen molar-refractivity contribution >= 4 is 52.2 Å². The Bertz CT molecular complexity index is 1580. The molecule has 5 fully saturated rings. The number of anilines is 2. The van der Waals surface area contributed by atoms with Gasteiger partial charge in [-0.1, -0.05) is 11.6 Å². The highest BCUT2D eigenvalue weighted by molar-refractivity contribution is 7.08. The number of nitrogens with one attached hydrogen (secondary N) is 2. The van der Waals surface area contributed by atoms with Gasteiger partial charge in [0.05, 0.1) is 34.4 Å². The van der Waals surface area contributed by atoms with Crippen molar-refractivity contribution in [3.8, 4) is 0 Å². The highest BCUT2D eigenvalue weighted by atomic mass is 35.5. The third-order valence-electron chi connectivity index (χ3n) is 11.5. The molecule has 1 unspecified atom stereocenters. The molecule has 8 rings (SSSR count). The first-order valence-corrected chi connectivity index (χ1v) is 19.0. The number of fused-ring (bicyclic) bond motifs is 4. The van der Waals surface area contributed by atoms with Crippen LogP contribution in [0.5, 0.6) is 0 Å². The lowest BCUT2D eigenvalue weighted by Crippen LogP contribution is -2.61. The zero-order valence-electron chi connectivity index (χ0n) is 28.3. The molecule has 0 radical (unpaired) electrons. The zero-order valence-corrected chi connectivity index (χ0v) is 29.9. The van der Waals surface area contributed by atoms with E-state index in [0.29, 0.717) is 57.5 Å². The molecule has 10 nitrogen and oxygen atoms in total. The number of urea groups is 1.